The minimum absolute atomic E-state index is 0.0549. The molecule has 1 aromatic carbocycles. The minimum Gasteiger partial charge on any atom is -0.497 e. The Bertz CT molecular complexity index is 446. The van der Waals surface area contributed by atoms with Crippen molar-refractivity contribution < 1.29 is 22.7 Å². The number of methoxy groups -OCH3 is 1. The number of rotatable bonds is 3. The molecule has 1 amide bonds. The Kier molecular flexibility index (Phi) is 4.45. The normalized spacial score (nSPS) is 13.0. The van der Waals surface area contributed by atoms with Crippen LogP contribution in [0, 0.1) is 0 Å². The molecule has 7 heteroatoms. The molecule has 0 aromatic heterocycles. The summed E-state index contributed by atoms with van der Waals surface area (Å²) in [6, 6.07) is 3.26. The van der Waals surface area contributed by atoms with Gasteiger partial charge in [-0.15, -0.1) is 11.6 Å². The molecule has 0 bridgehead atoms. The summed E-state index contributed by atoms with van der Waals surface area (Å²) in [6.45, 7) is 1.37. The largest absolute Gasteiger partial charge is 0.497 e. The number of amides is 1. The van der Waals surface area contributed by atoms with Gasteiger partial charge in [0, 0.05) is 0 Å². The van der Waals surface area contributed by atoms with Gasteiger partial charge in [-0.2, -0.15) is 13.2 Å². The van der Waals surface area contributed by atoms with Crippen molar-refractivity contribution in [1.82, 2.24) is 0 Å². The van der Waals surface area contributed by atoms with E-state index in [9.17, 15) is 18.0 Å². The Morgan fingerprint density at radius 1 is 1.44 bits per heavy atom. The lowest BCUT2D eigenvalue weighted by molar-refractivity contribution is -0.137. The average molecular weight is 282 g/mol. The first-order valence-electron chi connectivity index (χ1n) is 4.96. The molecule has 0 spiro atoms. The fraction of sp³-hybridized carbons (Fsp3) is 0.364. The highest BCUT2D eigenvalue weighted by Crippen LogP contribution is 2.37. The van der Waals surface area contributed by atoms with Crippen molar-refractivity contribution in [2.45, 2.75) is 18.5 Å². The zero-order valence-corrected chi connectivity index (χ0v) is 10.4. The van der Waals surface area contributed by atoms with Crippen molar-refractivity contribution in [3.05, 3.63) is 23.8 Å². The molecule has 1 unspecified atom stereocenters. The smallest absolute Gasteiger partial charge is 0.418 e. The standard InChI is InChI=1S/C11H11ClF3NO2/c1-6(12)10(17)16-9-4-3-7(18-2)5-8(9)11(13,14)15/h3-6H,1-2H3,(H,16,17). The summed E-state index contributed by atoms with van der Waals surface area (Å²) in [5.74, 6) is -0.647. The maximum Gasteiger partial charge on any atom is 0.418 e. The van der Waals surface area contributed by atoms with E-state index in [2.05, 4.69) is 5.32 Å². The highest BCUT2D eigenvalue weighted by Gasteiger charge is 2.34. The molecule has 0 fully saturated rings. The Balaban J connectivity index is 3.15. The van der Waals surface area contributed by atoms with Gasteiger partial charge in [0.25, 0.3) is 0 Å². The van der Waals surface area contributed by atoms with Crippen molar-refractivity contribution in [1.29, 1.82) is 0 Å². The lowest BCUT2D eigenvalue weighted by Gasteiger charge is -2.15. The summed E-state index contributed by atoms with van der Waals surface area (Å²) >= 11 is 5.49. The SMILES string of the molecule is COc1ccc(NC(=O)C(C)Cl)c(C(F)(F)F)c1. The number of alkyl halides is 4. The van der Waals surface area contributed by atoms with Crippen LogP contribution in [0.4, 0.5) is 18.9 Å². The van der Waals surface area contributed by atoms with Crippen LogP contribution in [-0.4, -0.2) is 18.4 Å². The number of carbonyl (C=O) groups excluding carboxylic acids is 1. The number of anilines is 1. The predicted octanol–water partition coefficient (Wildman–Crippen LogP) is 3.28. The number of benzene rings is 1. The van der Waals surface area contributed by atoms with Crippen LogP contribution >= 0.6 is 11.6 Å². The van der Waals surface area contributed by atoms with Gasteiger partial charge in [0.15, 0.2) is 0 Å². The number of carbonyl (C=O) groups is 1. The highest BCUT2D eigenvalue weighted by atomic mass is 35.5. The molecule has 18 heavy (non-hydrogen) atoms. The summed E-state index contributed by atoms with van der Waals surface area (Å²) in [6.07, 6.45) is -4.59. The van der Waals surface area contributed by atoms with Gasteiger partial charge in [-0.05, 0) is 25.1 Å². The monoisotopic (exact) mass is 281 g/mol. The molecule has 0 saturated heterocycles. The maximum absolute atomic E-state index is 12.8. The van der Waals surface area contributed by atoms with Gasteiger partial charge < -0.3 is 10.1 Å². The summed E-state index contributed by atoms with van der Waals surface area (Å²) < 4.78 is 43.0. The van der Waals surface area contributed by atoms with E-state index in [1.807, 2.05) is 0 Å². The first kappa shape index (κ1) is 14.6. The minimum atomic E-state index is -4.59. The molecule has 3 nitrogen and oxygen atoms in total. The molecular weight excluding hydrogens is 271 g/mol. The summed E-state index contributed by atoms with van der Waals surface area (Å²) in [7, 11) is 1.26. The third-order valence-electron chi connectivity index (χ3n) is 2.15. The molecule has 1 atom stereocenters. The van der Waals surface area contributed by atoms with Crippen LogP contribution in [-0.2, 0) is 11.0 Å². The van der Waals surface area contributed by atoms with E-state index in [4.69, 9.17) is 16.3 Å². The van der Waals surface area contributed by atoms with Gasteiger partial charge in [-0.3, -0.25) is 4.79 Å². The van der Waals surface area contributed by atoms with Crippen molar-refractivity contribution >= 4 is 23.2 Å². The highest BCUT2D eigenvalue weighted by molar-refractivity contribution is 6.32. The van der Waals surface area contributed by atoms with Gasteiger partial charge in [0.2, 0.25) is 5.91 Å². The van der Waals surface area contributed by atoms with Gasteiger partial charge in [-0.1, -0.05) is 0 Å². The topological polar surface area (TPSA) is 38.3 Å². The molecule has 0 radical (unpaired) electrons. The van der Waals surface area contributed by atoms with Crippen LogP contribution in [0.2, 0.25) is 0 Å². The lowest BCUT2D eigenvalue weighted by Crippen LogP contribution is -2.22. The molecule has 1 rings (SSSR count). The first-order chi connectivity index (χ1) is 8.25. The van der Waals surface area contributed by atoms with E-state index in [1.54, 1.807) is 0 Å². The van der Waals surface area contributed by atoms with Gasteiger partial charge in [-0.25, -0.2) is 0 Å². The van der Waals surface area contributed by atoms with Gasteiger partial charge in [0.05, 0.1) is 18.4 Å². The van der Waals surface area contributed by atoms with E-state index in [-0.39, 0.29) is 11.4 Å². The summed E-state index contributed by atoms with van der Waals surface area (Å²) in [5.41, 5.74) is -1.33. The number of nitrogens with one attached hydrogen (secondary N) is 1. The molecule has 0 heterocycles. The number of hydrogen-bond acceptors (Lipinski definition) is 2. The third kappa shape index (κ3) is 3.53. The second-order valence-corrected chi connectivity index (χ2v) is 4.17. The lowest BCUT2D eigenvalue weighted by atomic mass is 10.1. The Labute approximate surface area is 107 Å². The Hall–Kier alpha value is -1.43. The number of halogens is 4. The molecule has 1 aromatic rings. The summed E-state index contributed by atoms with van der Waals surface area (Å²) in [5, 5.41) is 1.20. The van der Waals surface area contributed by atoms with E-state index in [0.29, 0.717) is 0 Å². The molecule has 100 valence electrons. The van der Waals surface area contributed by atoms with Gasteiger partial charge >= 0.3 is 6.18 Å². The molecule has 0 aliphatic rings. The Morgan fingerprint density at radius 3 is 2.50 bits per heavy atom. The van der Waals surface area contributed by atoms with Crippen molar-refractivity contribution in [3.8, 4) is 5.75 Å². The molecule has 0 aliphatic heterocycles. The van der Waals surface area contributed by atoms with Crippen LogP contribution in [0.3, 0.4) is 0 Å². The van der Waals surface area contributed by atoms with Crippen molar-refractivity contribution in [2.75, 3.05) is 12.4 Å². The third-order valence-corrected chi connectivity index (χ3v) is 2.35. The van der Waals surface area contributed by atoms with E-state index in [1.165, 1.54) is 20.1 Å². The molecule has 0 aliphatic carbocycles. The fourth-order valence-electron chi connectivity index (χ4n) is 1.23. The van der Waals surface area contributed by atoms with E-state index >= 15 is 0 Å². The van der Waals surface area contributed by atoms with Crippen LogP contribution in [0.15, 0.2) is 18.2 Å². The molecular formula is C11H11ClF3NO2. The predicted molar refractivity (Wildman–Crippen MR) is 61.9 cm³/mol. The molecule has 1 N–H and O–H groups in total. The zero-order chi connectivity index (χ0) is 13.9. The molecule has 0 saturated carbocycles. The van der Waals surface area contributed by atoms with E-state index < -0.39 is 23.0 Å². The van der Waals surface area contributed by atoms with Crippen molar-refractivity contribution in [3.63, 3.8) is 0 Å². The fourth-order valence-corrected chi connectivity index (χ4v) is 1.28. The summed E-state index contributed by atoms with van der Waals surface area (Å²) in [4.78, 5) is 11.3. The second kappa shape index (κ2) is 5.48. The second-order valence-electron chi connectivity index (χ2n) is 3.51. The average Bonchev–Trinajstić information content (AvgIpc) is 2.27. The zero-order valence-electron chi connectivity index (χ0n) is 9.64. The Morgan fingerprint density at radius 2 is 2.06 bits per heavy atom. The maximum atomic E-state index is 12.8. The number of ether oxygens (including phenoxy) is 1. The van der Waals surface area contributed by atoms with Crippen LogP contribution in [0.1, 0.15) is 12.5 Å². The van der Waals surface area contributed by atoms with Crippen LogP contribution in [0.25, 0.3) is 0 Å². The quantitative estimate of drug-likeness (QED) is 0.864. The van der Waals surface area contributed by atoms with Crippen LogP contribution < -0.4 is 10.1 Å². The van der Waals surface area contributed by atoms with E-state index in [0.717, 1.165) is 12.1 Å². The van der Waals surface area contributed by atoms with Crippen LogP contribution in [0.5, 0.6) is 5.75 Å². The van der Waals surface area contributed by atoms with Crippen molar-refractivity contribution in [2.24, 2.45) is 0 Å². The number of hydrogen-bond donors (Lipinski definition) is 1. The first-order valence-corrected chi connectivity index (χ1v) is 5.39. The van der Waals surface area contributed by atoms with Gasteiger partial charge in [0.1, 0.15) is 11.1 Å².